The first-order chi connectivity index (χ1) is 11.7. The van der Waals surface area contributed by atoms with Crippen LogP contribution in [0.4, 0.5) is 5.69 Å². The van der Waals surface area contributed by atoms with Gasteiger partial charge in [0.1, 0.15) is 0 Å². The van der Waals surface area contributed by atoms with E-state index in [1.54, 1.807) is 0 Å². The Labute approximate surface area is 153 Å². The molecule has 25 heavy (non-hydrogen) atoms. The molecule has 0 aliphatic heterocycles. The third-order valence-corrected chi connectivity index (χ3v) is 6.45. The molecule has 136 valence electrons. The quantitative estimate of drug-likeness (QED) is 0.663. The highest BCUT2D eigenvalue weighted by atomic mass is 35.5. The van der Waals surface area contributed by atoms with Crippen molar-refractivity contribution in [2.24, 2.45) is 0 Å². The van der Waals surface area contributed by atoms with Crippen LogP contribution in [0.3, 0.4) is 0 Å². The fraction of sp³-hybridized carbons (Fsp3) is 0.250. The molecule has 0 saturated heterocycles. The number of hydrogen-bond acceptors (Lipinski definition) is 4. The fourth-order valence-electron chi connectivity index (χ4n) is 2.02. The van der Waals surface area contributed by atoms with Gasteiger partial charge in [-0.15, -0.1) is 0 Å². The number of halogens is 1. The molecule has 0 atom stereocenters. The Balaban J connectivity index is 2.22. The molecule has 2 rings (SSSR count). The fourth-order valence-corrected chi connectivity index (χ4v) is 4.32. The lowest BCUT2D eigenvalue weighted by atomic mass is 10.3. The Morgan fingerprint density at radius 1 is 0.920 bits per heavy atom. The third-order valence-electron chi connectivity index (χ3n) is 3.34. The van der Waals surface area contributed by atoms with Crippen LogP contribution in [0.25, 0.3) is 0 Å². The van der Waals surface area contributed by atoms with Crippen LogP contribution >= 0.6 is 11.6 Å². The summed E-state index contributed by atoms with van der Waals surface area (Å²) < 4.78 is 54.0. The lowest BCUT2D eigenvalue weighted by Crippen LogP contribution is -2.24. The molecule has 2 N–H and O–H groups in total. The average molecular weight is 403 g/mol. The maximum atomic E-state index is 12.4. The van der Waals surface area contributed by atoms with Crippen molar-refractivity contribution in [1.82, 2.24) is 4.72 Å². The summed E-state index contributed by atoms with van der Waals surface area (Å²) >= 11 is 5.76. The largest absolute Gasteiger partial charge is 0.280 e. The summed E-state index contributed by atoms with van der Waals surface area (Å²) in [6.45, 7) is 2.29. The maximum absolute atomic E-state index is 12.4. The van der Waals surface area contributed by atoms with Crippen LogP contribution in [0.5, 0.6) is 0 Å². The Morgan fingerprint density at radius 2 is 1.60 bits per heavy atom. The molecule has 0 unspecified atom stereocenters. The normalized spacial score (nSPS) is 12.1. The van der Waals surface area contributed by atoms with Crippen molar-refractivity contribution in [3.63, 3.8) is 0 Å². The van der Waals surface area contributed by atoms with E-state index in [-0.39, 0.29) is 15.5 Å². The molecule has 2 aromatic rings. The van der Waals surface area contributed by atoms with E-state index in [0.717, 1.165) is 12.8 Å². The van der Waals surface area contributed by atoms with Gasteiger partial charge in [0.25, 0.3) is 10.0 Å². The van der Waals surface area contributed by atoms with E-state index >= 15 is 0 Å². The molecule has 0 amide bonds. The van der Waals surface area contributed by atoms with Crippen LogP contribution in [0.1, 0.15) is 19.8 Å². The second kappa shape index (κ2) is 8.18. The van der Waals surface area contributed by atoms with Crippen molar-refractivity contribution < 1.29 is 16.8 Å². The summed E-state index contributed by atoms with van der Waals surface area (Å²) in [5.74, 6) is 0. The smallest absolute Gasteiger partial charge is 0.261 e. The van der Waals surface area contributed by atoms with Crippen molar-refractivity contribution in [2.75, 3.05) is 11.3 Å². The summed E-state index contributed by atoms with van der Waals surface area (Å²) in [6.07, 6.45) is 1.59. The zero-order valence-corrected chi connectivity index (χ0v) is 16.0. The molecule has 6 nitrogen and oxygen atoms in total. The molecule has 9 heteroatoms. The summed E-state index contributed by atoms with van der Waals surface area (Å²) in [7, 11) is -7.52. The van der Waals surface area contributed by atoms with Crippen LogP contribution in [-0.2, 0) is 20.0 Å². The molecule has 0 heterocycles. The second-order valence-electron chi connectivity index (χ2n) is 5.34. The molecular formula is C16H19ClN2O4S2. The van der Waals surface area contributed by atoms with Crippen LogP contribution in [0, 0.1) is 0 Å². The minimum Gasteiger partial charge on any atom is -0.280 e. The van der Waals surface area contributed by atoms with Gasteiger partial charge < -0.3 is 0 Å². The van der Waals surface area contributed by atoms with E-state index in [9.17, 15) is 16.8 Å². The van der Waals surface area contributed by atoms with Gasteiger partial charge in [0.05, 0.1) is 15.5 Å². The minimum atomic E-state index is -3.84. The van der Waals surface area contributed by atoms with Crippen molar-refractivity contribution in [3.05, 3.63) is 53.6 Å². The highest BCUT2D eigenvalue weighted by molar-refractivity contribution is 7.92. The van der Waals surface area contributed by atoms with E-state index in [1.807, 2.05) is 6.92 Å². The van der Waals surface area contributed by atoms with E-state index < -0.39 is 20.0 Å². The lowest BCUT2D eigenvalue weighted by Gasteiger charge is -2.11. The molecule has 2 aromatic carbocycles. The molecule has 0 saturated carbocycles. The molecule has 0 radical (unpaired) electrons. The first kappa shape index (κ1) is 19.7. The molecule has 0 spiro atoms. The molecule has 0 fully saturated rings. The zero-order valence-electron chi connectivity index (χ0n) is 13.6. The van der Waals surface area contributed by atoms with Gasteiger partial charge in [0.15, 0.2) is 0 Å². The minimum absolute atomic E-state index is 0.0000841. The topological polar surface area (TPSA) is 92.3 Å². The zero-order chi connectivity index (χ0) is 18.5. The van der Waals surface area contributed by atoms with E-state index in [2.05, 4.69) is 9.44 Å². The number of rotatable bonds is 8. The molecule has 0 aromatic heterocycles. The Kier molecular flexibility index (Phi) is 6.45. The molecule has 0 aliphatic carbocycles. The first-order valence-corrected chi connectivity index (χ1v) is 11.0. The standard InChI is InChI=1S/C16H19ClN2O4S2/c1-2-3-11-18-24(20,21)16-6-4-5-14(12-16)19-25(22,23)15-9-7-13(17)8-10-15/h4-10,12,18-19H,2-3,11H2,1H3. The van der Waals surface area contributed by atoms with Crippen LogP contribution in [0.15, 0.2) is 58.3 Å². The van der Waals surface area contributed by atoms with E-state index in [4.69, 9.17) is 11.6 Å². The molecule has 0 bridgehead atoms. The molecular weight excluding hydrogens is 384 g/mol. The highest BCUT2D eigenvalue weighted by Gasteiger charge is 2.17. The maximum Gasteiger partial charge on any atom is 0.261 e. The number of sulfonamides is 2. The van der Waals surface area contributed by atoms with E-state index in [0.29, 0.717) is 11.6 Å². The number of benzene rings is 2. The van der Waals surface area contributed by atoms with Gasteiger partial charge in [-0.25, -0.2) is 21.6 Å². The Morgan fingerprint density at radius 3 is 2.24 bits per heavy atom. The summed E-state index contributed by atoms with van der Waals surface area (Å²) in [5, 5.41) is 0.421. The number of unbranched alkanes of at least 4 members (excludes halogenated alkanes) is 1. The Bertz CT molecular complexity index is 927. The van der Waals surface area contributed by atoms with E-state index in [1.165, 1.54) is 48.5 Å². The number of nitrogens with one attached hydrogen (secondary N) is 2. The number of hydrogen-bond donors (Lipinski definition) is 2. The number of anilines is 1. The predicted molar refractivity (Wildman–Crippen MR) is 98.8 cm³/mol. The average Bonchev–Trinajstić information content (AvgIpc) is 2.55. The van der Waals surface area contributed by atoms with Gasteiger partial charge in [0.2, 0.25) is 10.0 Å². The van der Waals surface area contributed by atoms with Gasteiger partial charge in [0, 0.05) is 11.6 Å². The van der Waals surface area contributed by atoms with Gasteiger partial charge in [-0.05, 0) is 48.9 Å². The van der Waals surface area contributed by atoms with Gasteiger partial charge in [-0.3, -0.25) is 4.72 Å². The van der Waals surface area contributed by atoms with Crippen molar-refractivity contribution in [3.8, 4) is 0 Å². The van der Waals surface area contributed by atoms with Crippen LogP contribution < -0.4 is 9.44 Å². The first-order valence-electron chi connectivity index (χ1n) is 7.63. The van der Waals surface area contributed by atoms with Crippen molar-refractivity contribution in [1.29, 1.82) is 0 Å². The van der Waals surface area contributed by atoms with Crippen molar-refractivity contribution in [2.45, 2.75) is 29.6 Å². The van der Waals surface area contributed by atoms with Crippen LogP contribution in [-0.4, -0.2) is 23.4 Å². The van der Waals surface area contributed by atoms with Gasteiger partial charge >= 0.3 is 0 Å². The lowest BCUT2D eigenvalue weighted by molar-refractivity contribution is 0.578. The SMILES string of the molecule is CCCCNS(=O)(=O)c1cccc(NS(=O)(=O)c2ccc(Cl)cc2)c1. The van der Waals surface area contributed by atoms with Crippen molar-refractivity contribution >= 4 is 37.3 Å². The second-order valence-corrected chi connectivity index (χ2v) is 9.22. The monoisotopic (exact) mass is 402 g/mol. The third kappa shape index (κ3) is 5.43. The van der Waals surface area contributed by atoms with Gasteiger partial charge in [-0.2, -0.15) is 0 Å². The predicted octanol–water partition coefficient (Wildman–Crippen LogP) is 3.22. The van der Waals surface area contributed by atoms with Gasteiger partial charge in [-0.1, -0.05) is 31.0 Å². The Hall–Kier alpha value is -1.61. The summed E-state index contributed by atoms with van der Waals surface area (Å²) in [5.41, 5.74) is 0.160. The summed E-state index contributed by atoms with van der Waals surface area (Å²) in [6, 6.07) is 11.3. The van der Waals surface area contributed by atoms with Crippen LogP contribution in [0.2, 0.25) is 5.02 Å². The highest BCUT2D eigenvalue weighted by Crippen LogP contribution is 2.20. The molecule has 0 aliphatic rings. The summed E-state index contributed by atoms with van der Waals surface area (Å²) in [4.78, 5) is 0.0335.